The van der Waals surface area contributed by atoms with Crippen molar-refractivity contribution in [2.24, 2.45) is 0 Å². The standard InChI is InChI=1S/C16H9Cl2N3/c17-12-5-3-7-14(15(12)18)21-16-10(8-19)9-20-13-6-2-1-4-11(13)16/h1-7,9H,(H,20,21). The number of fused-ring (bicyclic) bond motifs is 1. The molecule has 0 aliphatic rings. The van der Waals surface area contributed by atoms with Gasteiger partial charge in [0.05, 0.1) is 32.5 Å². The molecule has 0 unspecified atom stereocenters. The van der Waals surface area contributed by atoms with Crippen molar-refractivity contribution in [2.45, 2.75) is 0 Å². The lowest BCUT2D eigenvalue weighted by atomic mass is 10.1. The van der Waals surface area contributed by atoms with Crippen LogP contribution in [0, 0.1) is 11.3 Å². The van der Waals surface area contributed by atoms with Crippen LogP contribution in [-0.2, 0) is 0 Å². The van der Waals surface area contributed by atoms with Crippen molar-refractivity contribution in [3.63, 3.8) is 0 Å². The Kier molecular flexibility index (Phi) is 3.66. The van der Waals surface area contributed by atoms with Crippen molar-refractivity contribution in [1.82, 2.24) is 4.98 Å². The minimum atomic E-state index is 0.420. The van der Waals surface area contributed by atoms with Crippen LogP contribution in [0.5, 0.6) is 0 Å². The van der Waals surface area contributed by atoms with Crippen LogP contribution in [0.4, 0.5) is 11.4 Å². The van der Waals surface area contributed by atoms with Gasteiger partial charge in [0.1, 0.15) is 6.07 Å². The van der Waals surface area contributed by atoms with Crippen molar-refractivity contribution in [3.8, 4) is 6.07 Å². The second kappa shape index (κ2) is 5.61. The molecule has 2 aromatic carbocycles. The highest BCUT2D eigenvalue weighted by molar-refractivity contribution is 6.43. The van der Waals surface area contributed by atoms with Gasteiger partial charge < -0.3 is 5.32 Å². The molecule has 0 saturated heterocycles. The van der Waals surface area contributed by atoms with Crippen molar-refractivity contribution >= 4 is 45.5 Å². The summed E-state index contributed by atoms with van der Waals surface area (Å²) in [5.41, 5.74) is 2.58. The van der Waals surface area contributed by atoms with E-state index in [0.29, 0.717) is 27.0 Å². The monoisotopic (exact) mass is 313 g/mol. The van der Waals surface area contributed by atoms with E-state index in [0.717, 1.165) is 10.9 Å². The van der Waals surface area contributed by atoms with Crippen LogP contribution in [0.15, 0.2) is 48.7 Å². The number of rotatable bonds is 2. The molecule has 3 rings (SSSR count). The molecule has 0 amide bonds. The first kappa shape index (κ1) is 13.7. The largest absolute Gasteiger partial charge is 0.353 e. The molecule has 0 bridgehead atoms. The zero-order chi connectivity index (χ0) is 14.8. The molecule has 0 atom stereocenters. The first-order valence-corrected chi connectivity index (χ1v) is 6.95. The van der Waals surface area contributed by atoms with E-state index in [2.05, 4.69) is 16.4 Å². The predicted molar refractivity (Wildman–Crippen MR) is 86.2 cm³/mol. The zero-order valence-corrected chi connectivity index (χ0v) is 12.3. The number of benzene rings is 2. The zero-order valence-electron chi connectivity index (χ0n) is 10.8. The van der Waals surface area contributed by atoms with Crippen LogP contribution < -0.4 is 5.32 Å². The normalized spacial score (nSPS) is 10.3. The van der Waals surface area contributed by atoms with E-state index in [1.165, 1.54) is 0 Å². The summed E-state index contributed by atoms with van der Waals surface area (Å²) >= 11 is 12.2. The summed E-state index contributed by atoms with van der Waals surface area (Å²) in [7, 11) is 0. The Labute approximate surface area is 131 Å². The highest BCUT2D eigenvalue weighted by Crippen LogP contribution is 2.34. The number of hydrogen-bond donors (Lipinski definition) is 1. The van der Waals surface area contributed by atoms with Crippen LogP contribution in [0.2, 0.25) is 10.0 Å². The van der Waals surface area contributed by atoms with Gasteiger partial charge in [-0.1, -0.05) is 47.5 Å². The minimum Gasteiger partial charge on any atom is -0.353 e. The number of nitrogens with zero attached hydrogens (tertiary/aromatic N) is 2. The molecule has 3 aromatic rings. The smallest absolute Gasteiger partial charge is 0.103 e. The number of nitrogens with one attached hydrogen (secondary N) is 1. The van der Waals surface area contributed by atoms with Crippen LogP contribution in [0.25, 0.3) is 10.9 Å². The van der Waals surface area contributed by atoms with E-state index in [4.69, 9.17) is 23.2 Å². The third kappa shape index (κ3) is 2.52. The van der Waals surface area contributed by atoms with Crippen molar-refractivity contribution < 1.29 is 0 Å². The van der Waals surface area contributed by atoms with Gasteiger partial charge in [0.15, 0.2) is 0 Å². The number of para-hydroxylation sites is 1. The number of hydrogen-bond acceptors (Lipinski definition) is 3. The van der Waals surface area contributed by atoms with Gasteiger partial charge in [-0.05, 0) is 18.2 Å². The third-order valence-corrected chi connectivity index (χ3v) is 3.93. The summed E-state index contributed by atoms with van der Waals surface area (Å²) in [6.07, 6.45) is 1.54. The first-order valence-electron chi connectivity index (χ1n) is 6.19. The lowest BCUT2D eigenvalue weighted by Gasteiger charge is -2.13. The Morgan fingerprint density at radius 1 is 1.05 bits per heavy atom. The van der Waals surface area contributed by atoms with Crippen molar-refractivity contribution in [3.05, 3.63) is 64.3 Å². The lowest BCUT2D eigenvalue weighted by Crippen LogP contribution is -1.97. The molecular weight excluding hydrogens is 305 g/mol. The van der Waals surface area contributed by atoms with Gasteiger partial charge in [0.2, 0.25) is 0 Å². The quantitative estimate of drug-likeness (QED) is 0.711. The van der Waals surface area contributed by atoms with E-state index in [-0.39, 0.29) is 0 Å². The molecule has 1 N–H and O–H groups in total. The fraction of sp³-hybridized carbons (Fsp3) is 0. The second-order valence-corrected chi connectivity index (χ2v) is 5.19. The molecule has 0 fully saturated rings. The van der Waals surface area contributed by atoms with Gasteiger partial charge in [0.25, 0.3) is 0 Å². The van der Waals surface area contributed by atoms with Crippen molar-refractivity contribution in [1.29, 1.82) is 5.26 Å². The number of pyridine rings is 1. The Balaban J connectivity index is 2.20. The van der Waals surface area contributed by atoms with Gasteiger partial charge in [-0.25, -0.2) is 0 Å². The van der Waals surface area contributed by atoms with Gasteiger partial charge in [-0.2, -0.15) is 5.26 Å². The van der Waals surface area contributed by atoms with E-state index in [1.807, 2.05) is 30.3 Å². The maximum absolute atomic E-state index is 9.29. The Morgan fingerprint density at radius 3 is 2.67 bits per heavy atom. The molecule has 1 aromatic heterocycles. The van der Waals surface area contributed by atoms with Gasteiger partial charge in [0, 0.05) is 11.6 Å². The van der Waals surface area contributed by atoms with Gasteiger partial charge >= 0.3 is 0 Å². The second-order valence-electron chi connectivity index (χ2n) is 4.40. The number of halogens is 2. The summed E-state index contributed by atoms with van der Waals surface area (Å²) in [6, 6.07) is 15.1. The lowest BCUT2D eigenvalue weighted by molar-refractivity contribution is 1.36. The van der Waals surface area contributed by atoms with Crippen molar-refractivity contribution in [2.75, 3.05) is 5.32 Å². The van der Waals surface area contributed by atoms with Crippen LogP contribution in [0.1, 0.15) is 5.56 Å². The first-order chi connectivity index (χ1) is 10.2. The molecule has 1 heterocycles. The van der Waals surface area contributed by atoms with E-state index >= 15 is 0 Å². The molecular formula is C16H9Cl2N3. The average Bonchev–Trinajstić information content (AvgIpc) is 2.52. The molecule has 102 valence electrons. The minimum absolute atomic E-state index is 0.420. The molecule has 5 heteroatoms. The van der Waals surface area contributed by atoms with E-state index in [1.54, 1.807) is 18.3 Å². The maximum atomic E-state index is 9.29. The highest BCUT2D eigenvalue weighted by Gasteiger charge is 2.11. The molecule has 0 saturated carbocycles. The number of nitriles is 1. The summed E-state index contributed by atoms with van der Waals surface area (Å²) < 4.78 is 0. The maximum Gasteiger partial charge on any atom is 0.103 e. The Bertz CT molecular complexity index is 869. The van der Waals surface area contributed by atoms with Crippen LogP contribution in [-0.4, -0.2) is 4.98 Å². The van der Waals surface area contributed by atoms with E-state index in [9.17, 15) is 5.26 Å². The van der Waals surface area contributed by atoms with Crippen LogP contribution >= 0.6 is 23.2 Å². The fourth-order valence-electron chi connectivity index (χ4n) is 2.10. The Morgan fingerprint density at radius 2 is 1.86 bits per heavy atom. The number of aromatic nitrogens is 1. The summed E-state index contributed by atoms with van der Waals surface area (Å²) in [6.45, 7) is 0. The topological polar surface area (TPSA) is 48.7 Å². The predicted octanol–water partition coefficient (Wildman–Crippen LogP) is 5.16. The van der Waals surface area contributed by atoms with Gasteiger partial charge in [-0.3, -0.25) is 4.98 Å². The molecule has 0 aliphatic carbocycles. The average molecular weight is 314 g/mol. The fourth-order valence-corrected chi connectivity index (χ4v) is 2.44. The molecule has 0 aliphatic heterocycles. The summed E-state index contributed by atoms with van der Waals surface area (Å²) in [5, 5.41) is 14.2. The van der Waals surface area contributed by atoms with Gasteiger partial charge in [-0.15, -0.1) is 0 Å². The molecule has 0 spiro atoms. The molecule has 21 heavy (non-hydrogen) atoms. The molecule has 3 nitrogen and oxygen atoms in total. The Hall–Kier alpha value is -2.28. The third-order valence-electron chi connectivity index (χ3n) is 3.11. The molecule has 0 radical (unpaired) electrons. The van der Waals surface area contributed by atoms with E-state index < -0.39 is 0 Å². The summed E-state index contributed by atoms with van der Waals surface area (Å²) in [5.74, 6) is 0. The van der Waals surface area contributed by atoms with Crippen LogP contribution in [0.3, 0.4) is 0 Å². The SMILES string of the molecule is N#Cc1cnc2ccccc2c1Nc1cccc(Cl)c1Cl. The summed E-state index contributed by atoms with van der Waals surface area (Å²) in [4.78, 5) is 4.27. The number of anilines is 2. The highest BCUT2D eigenvalue weighted by atomic mass is 35.5.